The summed E-state index contributed by atoms with van der Waals surface area (Å²) in [5.74, 6) is 0. The Kier molecular flexibility index (Phi) is 6.51. The average Bonchev–Trinajstić information content (AvgIpc) is 4.29. The first-order valence-electron chi connectivity index (χ1n) is 25.2. The van der Waals surface area contributed by atoms with Crippen LogP contribution in [0, 0.1) is 0 Å². The average molecular weight is 927 g/mol. The van der Waals surface area contributed by atoms with Crippen LogP contribution in [-0.4, -0.2) is 15.5 Å². The Bertz CT molecular complexity index is 5000. The van der Waals surface area contributed by atoms with Crippen molar-refractivity contribution < 1.29 is 8.83 Å². The van der Waals surface area contributed by atoms with E-state index < -0.39 is 0 Å². The predicted octanol–water partition coefficient (Wildman–Crippen LogP) is 15.9. The molecule has 0 N–H and O–H groups in total. The molecule has 0 amide bonds. The summed E-state index contributed by atoms with van der Waals surface area (Å²) in [5, 5.41) is 14.6. The molecular formula is C66H35BN4O2. The second-order valence-electron chi connectivity index (χ2n) is 20.3. The molecule has 6 nitrogen and oxygen atoms in total. The highest BCUT2D eigenvalue weighted by molar-refractivity contribution is 7.00. The van der Waals surface area contributed by atoms with Gasteiger partial charge in [0.25, 0.3) is 6.71 Å². The Hall–Kier alpha value is -9.72. The summed E-state index contributed by atoms with van der Waals surface area (Å²) in [4.78, 5) is 5.03. The van der Waals surface area contributed by atoms with E-state index >= 15 is 0 Å². The number of para-hydroxylation sites is 6. The summed E-state index contributed by atoms with van der Waals surface area (Å²) >= 11 is 0. The fourth-order valence-corrected chi connectivity index (χ4v) is 14.0. The van der Waals surface area contributed by atoms with E-state index in [1.807, 2.05) is 12.1 Å². The van der Waals surface area contributed by atoms with Crippen molar-refractivity contribution in [1.29, 1.82) is 0 Å². The number of aromatic nitrogens is 2. The molecule has 7 heteroatoms. The van der Waals surface area contributed by atoms with Crippen LogP contribution in [0.4, 0.5) is 34.1 Å². The number of rotatable bonds is 2. The molecule has 17 aromatic rings. The molecule has 0 spiro atoms. The van der Waals surface area contributed by atoms with Crippen molar-refractivity contribution >= 4 is 177 Å². The predicted molar refractivity (Wildman–Crippen MR) is 304 cm³/mol. The highest BCUT2D eigenvalue weighted by Crippen LogP contribution is 2.50. The lowest BCUT2D eigenvalue weighted by Crippen LogP contribution is -2.61. The van der Waals surface area contributed by atoms with Crippen molar-refractivity contribution in [2.75, 3.05) is 9.80 Å². The van der Waals surface area contributed by atoms with Crippen LogP contribution in [0.15, 0.2) is 221 Å². The van der Waals surface area contributed by atoms with Gasteiger partial charge in [0.1, 0.15) is 22.3 Å². The van der Waals surface area contributed by atoms with Gasteiger partial charge in [0.05, 0.1) is 33.1 Å². The molecule has 73 heavy (non-hydrogen) atoms. The zero-order valence-electron chi connectivity index (χ0n) is 38.9. The molecule has 0 saturated carbocycles. The van der Waals surface area contributed by atoms with Crippen LogP contribution in [0.2, 0.25) is 0 Å². The number of hydrogen-bond donors (Lipinski definition) is 0. The minimum absolute atomic E-state index is 0.115. The Morgan fingerprint density at radius 2 is 0.671 bits per heavy atom. The topological polar surface area (TPSA) is 41.6 Å². The molecule has 11 aromatic carbocycles. The molecule has 0 aliphatic carbocycles. The number of benzene rings is 11. The third kappa shape index (κ3) is 4.42. The molecule has 0 radical (unpaired) electrons. The van der Waals surface area contributed by atoms with Crippen LogP contribution in [0.3, 0.4) is 0 Å². The molecule has 2 aliphatic rings. The summed E-state index contributed by atoms with van der Waals surface area (Å²) in [6.45, 7) is -0.115. The van der Waals surface area contributed by atoms with Crippen molar-refractivity contribution in [1.82, 2.24) is 8.80 Å². The molecule has 6 aromatic heterocycles. The first kappa shape index (κ1) is 37.2. The van der Waals surface area contributed by atoms with E-state index in [1.165, 1.54) is 92.6 Å². The van der Waals surface area contributed by atoms with Gasteiger partial charge in [-0.15, -0.1) is 0 Å². The van der Waals surface area contributed by atoms with E-state index in [1.54, 1.807) is 0 Å². The zero-order valence-corrected chi connectivity index (χ0v) is 38.9. The molecule has 334 valence electrons. The van der Waals surface area contributed by atoms with Crippen LogP contribution in [0.5, 0.6) is 0 Å². The molecule has 19 rings (SSSR count). The van der Waals surface area contributed by atoms with E-state index in [0.29, 0.717) is 0 Å². The number of fused-ring (bicyclic) bond motifs is 22. The van der Waals surface area contributed by atoms with Gasteiger partial charge in [-0.3, -0.25) is 0 Å². The van der Waals surface area contributed by atoms with Crippen LogP contribution in [-0.2, 0) is 0 Å². The largest absolute Gasteiger partial charge is 0.456 e. The Labute approximate surface area is 415 Å². The smallest absolute Gasteiger partial charge is 0.252 e. The quantitative estimate of drug-likeness (QED) is 0.162. The lowest BCUT2D eigenvalue weighted by molar-refractivity contribution is 0.668. The summed E-state index contributed by atoms with van der Waals surface area (Å²) in [6.07, 6.45) is 0. The summed E-state index contributed by atoms with van der Waals surface area (Å²) in [6, 6.07) is 78.7. The highest BCUT2D eigenvalue weighted by Gasteiger charge is 2.44. The minimum atomic E-state index is -0.115. The van der Waals surface area contributed by atoms with Crippen molar-refractivity contribution in [2.45, 2.75) is 0 Å². The maximum absolute atomic E-state index is 6.67. The number of nitrogens with zero attached hydrogens (tertiary/aromatic N) is 4. The lowest BCUT2D eigenvalue weighted by Gasteiger charge is -2.44. The first-order chi connectivity index (χ1) is 36.2. The van der Waals surface area contributed by atoms with Crippen molar-refractivity contribution in [3.63, 3.8) is 0 Å². The van der Waals surface area contributed by atoms with E-state index in [4.69, 9.17) is 8.83 Å². The van der Waals surface area contributed by atoms with Gasteiger partial charge >= 0.3 is 0 Å². The number of hydrogen-bond acceptors (Lipinski definition) is 4. The monoisotopic (exact) mass is 926 g/mol. The first-order valence-corrected chi connectivity index (χ1v) is 25.2. The third-order valence-corrected chi connectivity index (χ3v) is 16.9. The minimum Gasteiger partial charge on any atom is -0.456 e. The van der Waals surface area contributed by atoms with Gasteiger partial charge in [-0.25, -0.2) is 0 Å². The standard InChI is InChI=1S/C66H35BN4O2/c1-5-20-52-38(12-1)44-16-9-18-46-48-32-50-58(34-56(48)70(52)65(44)46)68(36-26-28-42-40-14-3-7-24-60(40)72-62(42)30-36)54-22-11-23-55-64(54)67(50)51-33-49-47-19-10-17-45-39-13-2-6-21-53(39)71(66(45)47)57(49)35-59(51)69(55)37-27-29-43-41-15-4-8-25-61(41)73-63(43)31-37/h1-35H. The lowest BCUT2D eigenvalue weighted by atomic mass is 9.33. The summed E-state index contributed by atoms with van der Waals surface area (Å²) in [7, 11) is 0. The van der Waals surface area contributed by atoms with E-state index in [9.17, 15) is 0 Å². The normalized spacial score (nSPS) is 13.7. The maximum Gasteiger partial charge on any atom is 0.252 e. The highest BCUT2D eigenvalue weighted by atomic mass is 16.3. The van der Waals surface area contributed by atoms with Gasteiger partial charge in [0.15, 0.2) is 0 Å². The Morgan fingerprint density at radius 1 is 0.274 bits per heavy atom. The van der Waals surface area contributed by atoms with Crippen LogP contribution >= 0.6 is 0 Å². The van der Waals surface area contributed by atoms with E-state index in [-0.39, 0.29) is 6.71 Å². The molecule has 2 aliphatic heterocycles. The SMILES string of the molecule is c1cc2c3c(c1)N(c1ccc4c(c1)oc1ccccc14)c1cc4c(cc1B3c1cc3c5cccc6c7ccccc7n(c3cc1N2c1ccc2c(c1)oc1ccccc12)c65)c1cccc2c3ccccc3n4c21. The van der Waals surface area contributed by atoms with Gasteiger partial charge in [0.2, 0.25) is 0 Å². The molecule has 0 saturated heterocycles. The van der Waals surface area contributed by atoms with Crippen LogP contribution in [0.1, 0.15) is 0 Å². The second kappa shape index (κ2) is 12.8. The van der Waals surface area contributed by atoms with Gasteiger partial charge in [-0.1, -0.05) is 127 Å². The second-order valence-corrected chi connectivity index (χ2v) is 20.3. The van der Waals surface area contributed by atoms with Crippen LogP contribution in [0.25, 0.3) is 120 Å². The molecule has 8 heterocycles. The zero-order chi connectivity index (χ0) is 46.9. The van der Waals surface area contributed by atoms with Crippen molar-refractivity contribution in [2.24, 2.45) is 0 Å². The van der Waals surface area contributed by atoms with Gasteiger partial charge in [-0.05, 0) is 89.2 Å². The number of furan rings is 2. The van der Waals surface area contributed by atoms with E-state index in [2.05, 4.69) is 219 Å². The van der Waals surface area contributed by atoms with Crippen LogP contribution < -0.4 is 26.2 Å². The molecular weight excluding hydrogens is 892 g/mol. The van der Waals surface area contributed by atoms with Crippen molar-refractivity contribution in [3.8, 4) is 0 Å². The maximum atomic E-state index is 6.67. The van der Waals surface area contributed by atoms with Gasteiger partial charge < -0.3 is 27.4 Å². The summed E-state index contributed by atoms with van der Waals surface area (Å²) < 4.78 is 18.4. The van der Waals surface area contributed by atoms with Crippen molar-refractivity contribution in [3.05, 3.63) is 212 Å². The van der Waals surface area contributed by atoms with E-state index in [0.717, 1.165) is 78.0 Å². The van der Waals surface area contributed by atoms with Gasteiger partial charge in [0, 0.05) is 111 Å². The Balaban J connectivity index is 0.966. The molecule has 0 atom stereocenters. The Morgan fingerprint density at radius 3 is 1.16 bits per heavy atom. The molecule has 0 bridgehead atoms. The fourth-order valence-electron chi connectivity index (χ4n) is 14.0. The number of anilines is 6. The van der Waals surface area contributed by atoms with Gasteiger partial charge in [-0.2, -0.15) is 0 Å². The third-order valence-electron chi connectivity index (χ3n) is 16.9. The summed E-state index contributed by atoms with van der Waals surface area (Å²) in [5.41, 5.74) is 21.4. The molecule has 0 fully saturated rings. The fraction of sp³-hybridized carbons (Fsp3) is 0. The molecule has 0 unspecified atom stereocenters.